The van der Waals surface area contributed by atoms with E-state index < -0.39 is 0 Å². The van der Waals surface area contributed by atoms with E-state index in [-0.39, 0.29) is 0 Å². The van der Waals surface area contributed by atoms with E-state index in [0.29, 0.717) is 13.2 Å². The van der Waals surface area contributed by atoms with Gasteiger partial charge >= 0.3 is 0 Å². The summed E-state index contributed by atoms with van der Waals surface area (Å²) in [6, 6.07) is 18.4. The Morgan fingerprint density at radius 3 is 2.39 bits per heavy atom. The predicted molar refractivity (Wildman–Crippen MR) is 74.6 cm³/mol. The average molecular weight is 241 g/mol. The molecule has 0 fully saturated rings. The second-order valence-corrected chi connectivity index (χ2v) is 4.27. The topological polar surface area (TPSA) is 35.2 Å². The maximum Gasteiger partial charge on any atom is 0.122 e. The number of para-hydroxylation sites is 1. The lowest BCUT2D eigenvalue weighted by molar-refractivity contribution is 0.303. The van der Waals surface area contributed by atoms with Crippen LogP contribution in [0.1, 0.15) is 17.5 Å². The Bertz CT molecular complexity index is 468. The Morgan fingerprint density at radius 1 is 0.889 bits per heavy atom. The second-order valence-electron chi connectivity index (χ2n) is 4.27. The molecule has 0 radical (unpaired) electrons. The molecule has 0 heterocycles. The summed E-state index contributed by atoms with van der Waals surface area (Å²) in [7, 11) is 0. The molecule has 0 aliphatic heterocycles. The van der Waals surface area contributed by atoms with Gasteiger partial charge < -0.3 is 10.5 Å². The average Bonchev–Trinajstić information content (AvgIpc) is 2.45. The van der Waals surface area contributed by atoms with Gasteiger partial charge in [-0.3, -0.25) is 0 Å². The number of hydrogen-bond acceptors (Lipinski definition) is 2. The van der Waals surface area contributed by atoms with Crippen molar-refractivity contribution in [2.24, 2.45) is 5.73 Å². The van der Waals surface area contributed by atoms with E-state index in [1.54, 1.807) is 0 Å². The lowest BCUT2D eigenvalue weighted by Crippen LogP contribution is -2.02. The molecule has 2 aromatic carbocycles. The van der Waals surface area contributed by atoms with Crippen LogP contribution in [0.4, 0.5) is 0 Å². The maximum absolute atomic E-state index is 5.88. The molecular weight excluding hydrogens is 222 g/mol. The summed E-state index contributed by atoms with van der Waals surface area (Å²) in [6.07, 6.45) is 1.97. The van der Waals surface area contributed by atoms with Gasteiger partial charge in [-0.1, -0.05) is 48.5 Å². The molecule has 94 valence electrons. The van der Waals surface area contributed by atoms with Crippen LogP contribution in [0.2, 0.25) is 0 Å². The standard InChI is InChI=1S/C16H19NO/c17-12-6-10-15-9-4-5-11-16(15)18-13-14-7-2-1-3-8-14/h1-5,7-9,11H,6,10,12-13,17H2. The summed E-state index contributed by atoms with van der Waals surface area (Å²) in [4.78, 5) is 0. The van der Waals surface area contributed by atoms with Gasteiger partial charge in [0, 0.05) is 0 Å². The van der Waals surface area contributed by atoms with E-state index in [4.69, 9.17) is 10.5 Å². The Labute approximate surface area is 108 Å². The number of rotatable bonds is 6. The Kier molecular flexibility index (Phi) is 4.79. The highest BCUT2D eigenvalue weighted by Gasteiger charge is 2.02. The van der Waals surface area contributed by atoms with Crippen LogP contribution in [0.15, 0.2) is 54.6 Å². The molecule has 0 amide bonds. The van der Waals surface area contributed by atoms with Crippen LogP contribution in [0.25, 0.3) is 0 Å². The summed E-state index contributed by atoms with van der Waals surface area (Å²) in [6.45, 7) is 1.33. The van der Waals surface area contributed by atoms with Crippen LogP contribution in [-0.2, 0) is 13.0 Å². The number of nitrogens with two attached hydrogens (primary N) is 1. The van der Waals surface area contributed by atoms with Gasteiger partial charge in [0.15, 0.2) is 0 Å². The van der Waals surface area contributed by atoms with Crippen molar-refractivity contribution in [1.29, 1.82) is 0 Å². The van der Waals surface area contributed by atoms with Crippen LogP contribution in [0.5, 0.6) is 5.75 Å². The van der Waals surface area contributed by atoms with E-state index in [2.05, 4.69) is 18.2 Å². The lowest BCUT2D eigenvalue weighted by atomic mass is 10.1. The predicted octanol–water partition coefficient (Wildman–Crippen LogP) is 3.16. The SMILES string of the molecule is NCCCc1ccccc1OCc1ccccc1. The van der Waals surface area contributed by atoms with Crippen LogP contribution in [0, 0.1) is 0 Å². The molecule has 2 heteroatoms. The van der Waals surface area contributed by atoms with E-state index in [1.165, 1.54) is 11.1 Å². The molecule has 0 unspecified atom stereocenters. The van der Waals surface area contributed by atoms with Gasteiger partial charge in [0.1, 0.15) is 12.4 Å². The van der Waals surface area contributed by atoms with E-state index >= 15 is 0 Å². The summed E-state index contributed by atoms with van der Waals surface area (Å²) in [5, 5.41) is 0. The first-order valence-corrected chi connectivity index (χ1v) is 6.35. The molecule has 2 N–H and O–H groups in total. The molecule has 0 atom stereocenters. The third kappa shape index (κ3) is 3.60. The third-order valence-electron chi connectivity index (χ3n) is 2.86. The fraction of sp³-hybridized carbons (Fsp3) is 0.250. The molecule has 2 aromatic rings. The highest BCUT2D eigenvalue weighted by atomic mass is 16.5. The van der Waals surface area contributed by atoms with Gasteiger partial charge in [0.25, 0.3) is 0 Å². The van der Waals surface area contributed by atoms with Crippen molar-refractivity contribution >= 4 is 0 Å². The van der Waals surface area contributed by atoms with Crippen molar-refractivity contribution in [2.75, 3.05) is 6.54 Å². The Morgan fingerprint density at radius 2 is 1.61 bits per heavy atom. The first-order valence-electron chi connectivity index (χ1n) is 6.35. The summed E-state index contributed by atoms with van der Waals surface area (Å²) >= 11 is 0. The van der Waals surface area contributed by atoms with Gasteiger partial charge in [-0.2, -0.15) is 0 Å². The number of hydrogen-bond donors (Lipinski definition) is 1. The van der Waals surface area contributed by atoms with Gasteiger partial charge in [0.2, 0.25) is 0 Å². The molecule has 0 saturated heterocycles. The quantitative estimate of drug-likeness (QED) is 0.843. The van der Waals surface area contributed by atoms with Crippen molar-refractivity contribution in [2.45, 2.75) is 19.4 Å². The molecule has 0 aliphatic rings. The molecule has 2 rings (SSSR count). The maximum atomic E-state index is 5.88. The number of ether oxygens (including phenoxy) is 1. The van der Waals surface area contributed by atoms with E-state index in [0.717, 1.165) is 18.6 Å². The van der Waals surface area contributed by atoms with Gasteiger partial charge in [-0.25, -0.2) is 0 Å². The van der Waals surface area contributed by atoms with Crippen molar-refractivity contribution < 1.29 is 4.74 Å². The minimum absolute atomic E-state index is 0.612. The number of aryl methyl sites for hydroxylation is 1. The fourth-order valence-corrected chi connectivity index (χ4v) is 1.88. The van der Waals surface area contributed by atoms with Crippen molar-refractivity contribution in [1.82, 2.24) is 0 Å². The van der Waals surface area contributed by atoms with Crippen LogP contribution >= 0.6 is 0 Å². The minimum Gasteiger partial charge on any atom is -0.489 e. The summed E-state index contributed by atoms with van der Waals surface area (Å²) in [5.41, 5.74) is 7.97. The molecular formula is C16H19NO. The molecule has 2 nitrogen and oxygen atoms in total. The van der Waals surface area contributed by atoms with Crippen molar-refractivity contribution in [3.63, 3.8) is 0 Å². The molecule has 0 aromatic heterocycles. The Hall–Kier alpha value is -1.80. The third-order valence-corrected chi connectivity index (χ3v) is 2.86. The first kappa shape index (κ1) is 12.7. The van der Waals surface area contributed by atoms with Gasteiger partial charge in [-0.15, -0.1) is 0 Å². The second kappa shape index (κ2) is 6.82. The minimum atomic E-state index is 0.612. The largest absolute Gasteiger partial charge is 0.489 e. The number of benzene rings is 2. The summed E-state index contributed by atoms with van der Waals surface area (Å²) < 4.78 is 5.88. The smallest absolute Gasteiger partial charge is 0.122 e. The van der Waals surface area contributed by atoms with Crippen LogP contribution < -0.4 is 10.5 Å². The molecule has 0 spiro atoms. The zero-order valence-electron chi connectivity index (χ0n) is 10.5. The monoisotopic (exact) mass is 241 g/mol. The van der Waals surface area contributed by atoms with Gasteiger partial charge in [-0.05, 0) is 36.6 Å². The lowest BCUT2D eigenvalue weighted by Gasteiger charge is -2.11. The summed E-state index contributed by atoms with van der Waals surface area (Å²) in [5.74, 6) is 0.967. The van der Waals surface area contributed by atoms with Crippen molar-refractivity contribution in [3.8, 4) is 5.75 Å². The zero-order chi connectivity index (χ0) is 12.6. The molecule has 0 aliphatic carbocycles. The highest BCUT2D eigenvalue weighted by molar-refractivity contribution is 5.33. The van der Waals surface area contributed by atoms with E-state index in [1.807, 2.05) is 36.4 Å². The molecule has 18 heavy (non-hydrogen) atoms. The fourth-order valence-electron chi connectivity index (χ4n) is 1.88. The van der Waals surface area contributed by atoms with Crippen LogP contribution in [-0.4, -0.2) is 6.54 Å². The van der Waals surface area contributed by atoms with Crippen LogP contribution in [0.3, 0.4) is 0 Å². The Balaban J connectivity index is 2.00. The van der Waals surface area contributed by atoms with E-state index in [9.17, 15) is 0 Å². The zero-order valence-corrected chi connectivity index (χ0v) is 10.5. The van der Waals surface area contributed by atoms with Gasteiger partial charge in [0.05, 0.1) is 0 Å². The first-order chi connectivity index (χ1) is 8.90. The molecule has 0 bridgehead atoms. The normalized spacial score (nSPS) is 10.3. The molecule has 0 saturated carbocycles. The van der Waals surface area contributed by atoms with Crippen molar-refractivity contribution in [3.05, 3.63) is 65.7 Å². The highest BCUT2D eigenvalue weighted by Crippen LogP contribution is 2.20.